The second-order valence-electron chi connectivity index (χ2n) is 3.94. The monoisotopic (exact) mass is 266 g/mol. The van der Waals surface area contributed by atoms with Gasteiger partial charge in [-0.1, -0.05) is 0 Å². The fourth-order valence-electron chi connectivity index (χ4n) is 1.62. The second kappa shape index (κ2) is 5.28. The molecule has 6 nitrogen and oxygen atoms in total. The first-order valence-electron chi connectivity index (χ1n) is 5.52. The van der Waals surface area contributed by atoms with E-state index in [0.29, 0.717) is 29.0 Å². The van der Waals surface area contributed by atoms with Crippen LogP contribution in [0.3, 0.4) is 0 Å². The number of thiophene rings is 1. The molecule has 7 heteroatoms. The maximum atomic E-state index is 11.7. The molecule has 0 saturated heterocycles. The van der Waals surface area contributed by atoms with Crippen LogP contribution in [0.5, 0.6) is 0 Å². The van der Waals surface area contributed by atoms with E-state index in [9.17, 15) is 9.59 Å². The van der Waals surface area contributed by atoms with Gasteiger partial charge in [-0.25, -0.2) is 4.98 Å². The smallest absolute Gasteiger partial charge is 0.268 e. The molecule has 0 atom stereocenters. The molecule has 0 bridgehead atoms. The molecule has 18 heavy (non-hydrogen) atoms. The number of fused-ring (bicyclic) bond motifs is 1. The third-order valence-electron chi connectivity index (χ3n) is 2.53. The van der Waals surface area contributed by atoms with Crippen molar-refractivity contribution in [1.29, 1.82) is 0 Å². The van der Waals surface area contributed by atoms with Gasteiger partial charge < -0.3 is 15.6 Å². The fraction of sp³-hybridized carbons (Fsp3) is 0.364. The third-order valence-corrected chi connectivity index (χ3v) is 3.44. The maximum Gasteiger partial charge on any atom is 0.268 e. The zero-order chi connectivity index (χ0) is 13.1. The van der Waals surface area contributed by atoms with Gasteiger partial charge in [0, 0.05) is 20.0 Å². The molecule has 2 rings (SSSR count). The Morgan fingerprint density at radius 3 is 3.11 bits per heavy atom. The van der Waals surface area contributed by atoms with Crippen molar-refractivity contribution >= 4 is 27.5 Å². The van der Waals surface area contributed by atoms with Gasteiger partial charge in [0.1, 0.15) is 10.5 Å². The number of aromatic nitrogens is 2. The molecular weight excluding hydrogens is 252 g/mol. The lowest BCUT2D eigenvalue weighted by atomic mass is 10.3. The van der Waals surface area contributed by atoms with Crippen LogP contribution in [0.1, 0.15) is 12.2 Å². The van der Waals surface area contributed by atoms with Crippen molar-refractivity contribution in [3.8, 4) is 0 Å². The van der Waals surface area contributed by atoms with E-state index in [0.717, 1.165) is 0 Å². The number of hydrogen-bond acceptors (Lipinski definition) is 5. The maximum absolute atomic E-state index is 11.7. The van der Waals surface area contributed by atoms with E-state index in [2.05, 4.69) is 9.97 Å². The second-order valence-corrected chi connectivity index (χ2v) is 4.85. The highest BCUT2D eigenvalue weighted by atomic mass is 32.1. The molecule has 0 aliphatic rings. The minimum absolute atomic E-state index is 0.0643. The number of rotatable bonds is 4. The molecule has 0 saturated carbocycles. The van der Waals surface area contributed by atoms with Crippen LogP contribution in [-0.4, -0.2) is 34.4 Å². The number of carbonyl (C=O) groups excluding carboxylic acids is 1. The first-order valence-corrected chi connectivity index (χ1v) is 6.40. The van der Waals surface area contributed by atoms with E-state index in [1.165, 1.54) is 16.2 Å². The van der Waals surface area contributed by atoms with Gasteiger partial charge in [0.25, 0.3) is 5.56 Å². The van der Waals surface area contributed by atoms with Gasteiger partial charge in [0.2, 0.25) is 5.91 Å². The molecule has 0 aromatic carbocycles. The number of hydrogen-bond donors (Lipinski definition) is 2. The summed E-state index contributed by atoms with van der Waals surface area (Å²) < 4.78 is 0.606. The predicted octanol–water partition coefficient (Wildman–Crippen LogP) is 0.292. The highest BCUT2D eigenvalue weighted by Crippen LogP contribution is 2.13. The molecule has 96 valence electrons. The summed E-state index contributed by atoms with van der Waals surface area (Å²) in [4.78, 5) is 31.8. The van der Waals surface area contributed by atoms with Gasteiger partial charge in [-0.2, -0.15) is 0 Å². The minimum atomic E-state index is -0.162. The van der Waals surface area contributed by atoms with E-state index in [1.54, 1.807) is 13.1 Å². The number of H-pyrrole nitrogens is 1. The van der Waals surface area contributed by atoms with Crippen molar-refractivity contribution in [3.63, 3.8) is 0 Å². The summed E-state index contributed by atoms with van der Waals surface area (Å²) in [5.74, 6) is 0.421. The molecule has 0 aliphatic carbocycles. The third kappa shape index (κ3) is 2.57. The lowest BCUT2D eigenvalue weighted by Gasteiger charge is -2.15. The Hall–Kier alpha value is -1.73. The molecule has 0 spiro atoms. The molecule has 0 unspecified atom stereocenters. The molecule has 2 heterocycles. The number of aromatic amines is 1. The molecule has 0 radical (unpaired) electrons. The lowest BCUT2D eigenvalue weighted by molar-refractivity contribution is -0.130. The highest BCUT2D eigenvalue weighted by Gasteiger charge is 2.11. The van der Waals surface area contributed by atoms with Gasteiger partial charge >= 0.3 is 0 Å². The number of carbonyl (C=O) groups is 1. The standard InChI is InChI=1S/C11H14N4O2S/c1-15(9(16)2-4-12)6-8-13-7-3-5-18-10(7)11(17)14-8/h3,5H,2,4,6,12H2,1H3,(H,13,14,17). The molecule has 2 aromatic rings. The van der Waals surface area contributed by atoms with E-state index < -0.39 is 0 Å². The summed E-state index contributed by atoms with van der Waals surface area (Å²) >= 11 is 1.35. The molecule has 0 aliphatic heterocycles. The lowest BCUT2D eigenvalue weighted by Crippen LogP contribution is -2.29. The Labute approximate surface area is 107 Å². The van der Waals surface area contributed by atoms with Crippen molar-refractivity contribution in [2.75, 3.05) is 13.6 Å². The molecule has 0 fully saturated rings. The molecular formula is C11H14N4O2S. The Kier molecular flexibility index (Phi) is 3.73. The van der Waals surface area contributed by atoms with Crippen LogP contribution in [0.2, 0.25) is 0 Å². The quantitative estimate of drug-likeness (QED) is 0.832. The fourth-order valence-corrected chi connectivity index (χ4v) is 2.35. The van der Waals surface area contributed by atoms with Crippen molar-refractivity contribution < 1.29 is 4.79 Å². The van der Waals surface area contributed by atoms with Crippen LogP contribution in [0.4, 0.5) is 0 Å². The number of nitrogens with zero attached hydrogens (tertiary/aromatic N) is 2. The summed E-state index contributed by atoms with van der Waals surface area (Å²) in [6.07, 6.45) is 0.293. The highest BCUT2D eigenvalue weighted by molar-refractivity contribution is 7.17. The number of nitrogens with two attached hydrogens (primary N) is 1. The SMILES string of the molecule is CN(Cc1nc2ccsc2c(=O)[nH]1)C(=O)CCN. The Morgan fingerprint density at radius 2 is 2.39 bits per heavy atom. The molecule has 1 amide bonds. The van der Waals surface area contributed by atoms with E-state index in [-0.39, 0.29) is 18.0 Å². The summed E-state index contributed by atoms with van der Waals surface area (Å²) in [5, 5.41) is 1.82. The van der Waals surface area contributed by atoms with Crippen molar-refractivity contribution in [3.05, 3.63) is 27.6 Å². The van der Waals surface area contributed by atoms with Crippen LogP contribution in [0, 0.1) is 0 Å². The van der Waals surface area contributed by atoms with Crippen molar-refractivity contribution in [2.24, 2.45) is 5.73 Å². The molecule has 3 N–H and O–H groups in total. The summed E-state index contributed by atoms with van der Waals surface area (Å²) in [7, 11) is 1.66. The van der Waals surface area contributed by atoms with Gasteiger partial charge in [-0.15, -0.1) is 11.3 Å². The van der Waals surface area contributed by atoms with Crippen molar-refractivity contribution in [1.82, 2.24) is 14.9 Å². The minimum Gasteiger partial charge on any atom is -0.338 e. The van der Waals surface area contributed by atoms with Crippen LogP contribution >= 0.6 is 11.3 Å². The van der Waals surface area contributed by atoms with E-state index in [1.807, 2.05) is 5.38 Å². The van der Waals surface area contributed by atoms with Gasteiger partial charge in [-0.05, 0) is 11.4 Å². The first kappa shape index (κ1) is 12.7. The largest absolute Gasteiger partial charge is 0.338 e. The normalized spacial score (nSPS) is 10.8. The van der Waals surface area contributed by atoms with Crippen LogP contribution in [-0.2, 0) is 11.3 Å². The van der Waals surface area contributed by atoms with Gasteiger partial charge in [-0.3, -0.25) is 9.59 Å². The van der Waals surface area contributed by atoms with E-state index in [4.69, 9.17) is 5.73 Å². The van der Waals surface area contributed by atoms with Crippen molar-refractivity contribution in [2.45, 2.75) is 13.0 Å². The first-order chi connectivity index (χ1) is 8.61. The number of nitrogens with one attached hydrogen (secondary N) is 1. The number of amides is 1. The van der Waals surface area contributed by atoms with Crippen LogP contribution in [0.25, 0.3) is 10.2 Å². The van der Waals surface area contributed by atoms with E-state index >= 15 is 0 Å². The van der Waals surface area contributed by atoms with Gasteiger partial charge in [0.15, 0.2) is 0 Å². The summed E-state index contributed by atoms with van der Waals surface area (Å²) in [5.41, 5.74) is 5.83. The van der Waals surface area contributed by atoms with Gasteiger partial charge in [0.05, 0.1) is 12.1 Å². The zero-order valence-electron chi connectivity index (χ0n) is 9.97. The topological polar surface area (TPSA) is 92.1 Å². The predicted molar refractivity (Wildman–Crippen MR) is 70.4 cm³/mol. The average molecular weight is 266 g/mol. The Bertz CT molecular complexity index is 619. The Morgan fingerprint density at radius 1 is 1.61 bits per heavy atom. The summed E-state index contributed by atoms with van der Waals surface area (Å²) in [6.45, 7) is 0.594. The average Bonchev–Trinajstić information content (AvgIpc) is 2.77. The summed E-state index contributed by atoms with van der Waals surface area (Å²) in [6, 6.07) is 1.79. The zero-order valence-corrected chi connectivity index (χ0v) is 10.8. The van der Waals surface area contributed by atoms with Crippen LogP contribution in [0.15, 0.2) is 16.2 Å². The molecule has 2 aromatic heterocycles. The Balaban J connectivity index is 2.21. The van der Waals surface area contributed by atoms with Crippen LogP contribution < -0.4 is 11.3 Å².